The number of rotatable bonds is 2. The van der Waals surface area contributed by atoms with Crippen LogP contribution in [0.4, 0.5) is 0 Å². The second kappa shape index (κ2) is 4.28. The summed E-state index contributed by atoms with van der Waals surface area (Å²) in [4.78, 5) is 10.7. The van der Waals surface area contributed by atoms with Crippen LogP contribution in [-0.4, -0.2) is 11.1 Å². The molecule has 0 saturated heterocycles. The number of hydrogen-bond donors (Lipinski definition) is 1. The molecule has 4 heteroatoms. The lowest BCUT2D eigenvalue weighted by molar-refractivity contribution is -0.138. The van der Waals surface area contributed by atoms with Crippen LogP contribution in [0.5, 0.6) is 0 Å². The van der Waals surface area contributed by atoms with Crippen LogP contribution in [0.15, 0.2) is 18.2 Å². The van der Waals surface area contributed by atoms with Crippen molar-refractivity contribution in [2.75, 3.05) is 0 Å². The van der Waals surface area contributed by atoms with Gasteiger partial charge in [-0.2, -0.15) is 0 Å². The summed E-state index contributed by atoms with van der Waals surface area (Å²) in [5.41, 5.74) is 0.779. The van der Waals surface area contributed by atoms with Crippen molar-refractivity contribution in [2.24, 2.45) is 0 Å². The molecule has 0 fully saturated rings. The molecule has 1 aromatic carbocycles. The Labute approximate surface area is 95.0 Å². The predicted molar refractivity (Wildman–Crippen MR) is 60.2 cm³/mol. The van der Waals surface area contributed by atoms with Gasteiger partial charge in [-0.15, -0.1) is 0 Å². The van der Waals surface area contributed by atoms with Gasteiger partial charge in [0, 0.05) is 3.57 Å². The van der Waals surface area contributed by atoms with Crippen LogP contribution in [0.2, 0.25) is 5.02 Å². The number of benzene rings is 1. The molecule has 1 N–H and O–H groups in total. The summed E-state index contributed by atoms with van der Waals surface area (Å²) in [5, 5.41) is 9.41. The van der Waals surface area contributed by atoms with Gasteiger partial charge in [0.2, 0.25) is 0 Å². The van der Waals surface area contributed by atoms with Crippen molar-refractivity contribution in [3.8, 4) is 0 Å². The number of hydrogen-bond acceptors (Lipinski definition) is 1. The molecule has 0 radical (unpaired) electrons. The van der Waals surface area contributed by atoms with Gasteiger partial charge in [0.05, 0.1) is 10.9 Å². The van der Waals surface area contributed by atoms with Crippen LogP contribution in [0.1, 0.15) is 18.4 Å². The van der Waals surface area contributed by atoms with Crippen LogP contribution < -0.4 is 0 Å². The highest BCUT2D eigenvalue weighted by Gasteiger charge is 2.14. The lowest BCUT2D eigenvalue weighted by atomic mass is 10.0. The monoisotopic (exact) mass is 310 g/mol. The average Bonchev–Trinajstić information content (AvgIpc) is 2.08. The standard InChI is InChI=1S/C9H8ClIO2/c1-5(9(12)13)6-2-3-7(10)8(11)4-6/h2-5H,1H3,(H,12,13). The molecule has 0 bridgehead atoms. The Bertz CT molecular complexity index is 338. The van der Waals surface area contributed by atoms with Crippen molar-refractivity contribution < 1.29 is 9.90 Å². The molecule has 0 aliphatic rings. The number of carbonyl (C=O) groups is 1. The van der Waals surface area contributed by atoms with Crippen molar-refractivity contribution in [1.29, 1.82) is 0 Å². The summed E-state index contributed by atoms with van der Waals surface area (Å²) in [7, 11) is 0. The van der Waals surface area contributed by atoms with E-state index in [0.29, 0.717) is 5.02 Å². The fourth-order valence-electron chi connectivity index (χ4n) is 0.924. The first kappa shape index (κ1) is 10.8. The summed E-state index contributed by atoms with van der Waals surface area (Å²) < 4.78 is 0.880. The highest BCUT2D eigenvalue weighted by molar-refractivity contribution is 14.1. The van der Waals surface area contributed by atoms with E-state index in [1.807, 2.05) is 0 Å². The molecular formula is C9H8ClIO2. The van der Waals surface area contributed by atoms with E-state index in [0.717, 1.165) is 9.13 Å². The molecule has 13 heavy (non-hydrogen) atoms. The van der Waals surface area contributed by atoms with Crippen molar-refractivity contribution >= 4 is 40.2 Å². The average molecular weight is 311 g/mol. The number of carboxylic acid groups (broad SMARTS) is 1. The Morgan fingerprint density at radius 3 is 2.69 bits per heavy atom. The van der Waals surface area contributed by atoms with Gasteiger partial charge < -0.3 is 5.11 Å². The molecule has 0 amide bonds. The van der Waals surface area contributed by atoms with E-state index in [1.54, 1.807) is 25.1 Å². The van der Waals surface area contributed by atoms with Crippen molar-refractivity contribution in [2.45, 2.75) is 12.8 Å². The maximum atomic E-state index is 10.7. The fourth-order valence-corrected chi connectivity index (χ4v) is 1.58. The van der Waals surface area contributed by atoms with Gasteiger partial charge in [-0.1, -0.05) is 17.7 Å². The molecule has 1 atom stereocenters. The Morgan fingerprint density at radius 1 is 1.62 bits per heavy atom. The largest absolute Gasteiger partial charge is 0.481 e. The number of halogens is 2. The molecule has 0 aliphatic heterocycles. The lowest BCUT2D eigenvalue weighted by Gasteiger charge is -2.07. The van der Waals surface area contributed by atoms with Gasteiger partial charge in [-0.05, 0) is 47.2 Å². The first-order valence-corrected chi connectivity index (χ1v) is 5.16. The van der Waals surface area contributed by atoms with Gasteiger partial charge in [0.1, 0.15) is 0 Å². The zero-order valence-corrected chi connectivity index (χ0v) is 9.83. The number of carboxylic acids is 1. The second-order valence-electron chi connectivity index (χ2n) is 2.73. The third-order valence-corrected chi connectivity index (χ3v) is 3.36. The Hall–Kier alpha value is -0.290. The molecule has 1 unspecified atom stereocenters. The highest BCUT2D eigenvalue weighted by Crippen LogP contribution is 2.23. The fraction of sp³-hybridized carbons (Fsp3) is 0.222. The van der Waals surface area contributed by atoms with E-state index in [-0.39, 0.29) is 0 Å². The van der Waals surface area contributed by atoms with Gasteiger partial charge in [-0.3, -0.25) is 4.79 Å². The van der Waals surface area contributed by atoms with Crippen LogP contribution in [-0.2, 0) is 4.79 Å². The van der Waals surface area contributed by atoms with Crippen LogP contribution in [0, 0.1) is 3.57 Å². The quantitative estimate of drug-likeness (QED) is 0.852. The molecule has 1 rings (SSSR count). The van der Waals surface area contributed by atoms with Crippen LogP contribution in [0.3, 0.4) is 0 Å². The molecule has 2 nitrogen and oxygen atoms in total. The van der Waals surface area contributed by atoms with Crippen LogP contribution >= 0.6 is 34.2 Å². The number of aliphatic carboxylic acids is 1. The summed E-state index contributed by atoms with van der Waals surface area (Å²) in [6.07, 6.45) is 0. The van der Waals surface area contributed by atoms with E-state index < -0.39 is 11.9 Å². The van der Waals surface area contributed by atoms with Crippen molar-refractivity contribution in [3.63, 3.8) is 0 Å². The Morgan fingerprint density at radius 2 is 2.23 bits per heavy atom. The van der Waals surface area contributed by atoms with Gasteiger partial charge in [0.25, 0.3) is 0 Å². The molecular weight excluding hydrogens is 302 g/mol. The van der Waals surface area contributed by atoms with E-state index in [2.05, 4.69) is 22.6 Å². The predicted octanol–water partition coefficient (Wildman–Crippen LogP) is 3.13. The molecule has 0 heterocycles. The first-order chi connectivity index (χ1) is 6.02. The second-order valence-corrected chi connectivity index (χ2v) is 4.30. The van der Waals surface area contributed by atoms with E-state index >= 15 is 0 Å². The minimum Gasteiger partial charge on any atom is -0.481 e. The van der Waals surface area contributed by atoms with Crippen molar-refractivity contribution in [1.82, 2.24) is 0 Å². The van der Waals surface area contributed by atoms with E-state index in [9.17, 15) is 4.79 Å². The summed E-state index contributed by atoms with van der Waals surface area (Å²) in [6.45, 7) is 1.65. The smallest absolute Gasteiger partial charge is 0.310 e. The first-order valence-electron chi connectivity index (χ1n) is 3.70. The normalized spacial score (nSPS) is 12.5. The summed E-state index contributed by atoms with van der Waals surface area (Å²) in [5.74, 6) is -1.30. The maximum absolute atomic E-state index is 10.7. The lowest BCUT2D eigenvalue weighted by Crippen LogP contribution is -2.07. The molecule has 0 spiro atoms. The molecule has 1 aromatic rings. The van der Waals surface area contributed by atoms with Gasteiger partial charge in [0.15, 0.2) is 0 Å². The summed E-state index contributed by atoms with van der Waals surface area (Å²) >= 11 is 7.89. The SMILES string of the molecule is CC(C(=O)O)c1ccc(Cl)c(I)c1. The van der Waals surface area contributed by atoms with Crippen molar-refractivity contribution in [3.05, 3.63) is 32.4 Å². The molecule has 0 saturated carbocycles. The van der Waals surface area contributed by atoms with Gasteiger partial charge in [-0.25, -0.2) is 0 Å². The maximum Gasteiger partial charge on any atom is 0.310 e. The van der Waals surface area contributed by atoms with Gasteiger partial charge >= 0.3 is 5.97 Å². The van der Waals surface area contributed by atoms with Crippen LogP contribution in [0.25, 0.3) is 0 Å². The third-order valence-electron chi connectivity index (χ3n) is 1.81. The van der Waals surface area contributed by atoms with E-state index in [1.165, 1.54) is 0 Å². The molecule has 70 valence electrons. The zero-order chi connectivity index (χ0) is 10.0. The molecule has 0 aliphatic carbocycles. The third kappa shape index (κ3) is 2.57. The minimum atomic E-state index is -0.821. The van der Waals surface area contributed by atoms with E-state index in [4.69, 9.17) is 16.7 Å². The highest BCUT2D eigenvalue weighted by atomic mass is 127. The summed E-state index contributed by atoms with van der Waals surface area (Å²) in [6, 6.07) is 5.25. The topological polar surface area (TPSA) is 37.3 Å². The minimum absolute atomic E-state index is 0.481. The Kier molecular flexibility index (Phi) is 3.55. The zero-order valence-electron chi connectivity index (χ0n) is 6.92. The molecule has 0 aromatic heterocycles. The Balaban J connectivity index is 3.03.